The van der Waals surface area contributed by atoms with Crippen LogP contribution in [0.1, 0.15) is 42.3 Å². The second-order valence-electron chi connectivity index (χ2n) is 7.93. The number of thioether (sulfide) groups is 1. The summed E-state index contributed by atoms with van der Waals surface area (Å²) in [5, 5.41) is 11.2. The number of nitrogens with zero attached hydrogens (tertiary/aromatic N) is 2. The van der Waals surface area contributed by atoms with E-state index in [9.17, 15) is 13.2 Å². The molecule has 0 radical (unpaired) electrons. The molecule has 0 fully saturated rings. The summed E-state index contributed by atoms with van der Waals surface area (Å²) in [6, 6.07) is 14.5. The lowest BCUT2D eigenvalue weighted by atomic mass is 10.1. The van der Waals surface area contributed by atoms with Gasteiger partial charge in [-0.2, -0.15) is 0 Å². The maximum absolute atomic E-state index is 12.8. The van der Waals surface area contributed by atoms with Crippen LogP contribution in [-0.4, -0.2) is 30.1 Å². The molecular formula is C21H24N4O3S3. The molecule has 1 heterocycles. The average Bonchev–Trinajstić information content (AvgIpc) is 3.12. The van der Waals surface area contributed by atoms with E-state index in [0.29, 0.717) is 10.7 Å². The number of anilines is 1. The normalized spacial score (nSPS) is 12.0. The lowest BCUT2D eigenvalue weighted by Crippen LogP contribution is -2.40. The van der Waals surface area contributed by atoms with Crippen molar-refractivity contribution >= 4 is 44.2 Å². The minimum absolute atomic E-state index is 0.0366. The topological polar surface area (TPSA) is 101 Å². The summed E-state index contributed by atoms with van der Waals surface area (Å²) in [7, 11) is -3.75. The number of nitrogens with one attached hydrogen (secondary N) is 2. The largest absolute Gasteiger partial charge is 0.296 e. The van der Waals surface area contributed by atoms with Gasteiger partial charge in [-0.1, -0.05) is 59.5 Å². The maximum atomic E-state index is 12.8. The van der Waals surface area contributed by atoms with E-state index in [1.165, 1.54) is 40.8 Å². The Morgan fingerprint density at radius 2 is 1.81 bits per heavy atom. The van der Waals surface area contributed by atoms with E-state index in [1.807, 2.05) is 30.3 Å². The summed E-state index contributed by atoms with van der Waals surface area (Å²) in [6.45, 7) is 7.03. The van der Waals surface area contributed by atoms with Crippen molar-refractivity contribution in [3.63, 3.8) is 0 Å². The molecule has 1 amide bonds. The molecule has 0 aliphatic carbocycles. The van der Waals surface area contributed by atoms with E-state index in [1.54, 1.807) is 33.8 Å². The zero-order chi connectivity index (χ0) is 22.6. The molecule has 7 nitrogen and oxygen atoms in total. The summed E-state index contributed by atoms with van der Waals surface area (Å²) < 4.78 is 28.6. The van der Waals surface area contributed by atoms with Crippen molar-refractivity contribution < 1.29 is 13.2 Å². The van der Waals surface area contributed by atoms with Crippen LogP contribution in [0.2, 0.25) is 0 Å². The number of amides is 1. The molecule has 0 saturated heterocycles. The Kier molecular flexibility index (Phi) is 7.15. The smallest absolute Gasteiger partial charge is 0.257 e. The zero-order valence-electron chi connectivity index (χ0n) is 17.7. The van der Waals surface area contributed by atoms with Gasteiger partial charge in [-0.05, 0) is 51.0 Å². The highest BCUT2D eigenvalue weighted by molar-refractivity contribution is 8.00. The van der Waals surface area contributed by atoms with Crippen LogP contribution in [0.5, 0.6) is 0 Å². The van der Waals surface area contributed by atoms with Gasteiger partial charge in [-0.3, -0.25) is 10.1 Å². The van der Waals surface area contributed by atoms with Crippen molar-refractivity contribution in [1.29, 1.82) is 0 Å². The number of carbonyl (C=O) groups excluding carboxylic acids is 1. The molecule has 0 aliphatic rings. The molecule has 0 atom stereocenters. The minimum atomic E-state index is -3.75. The SMILES string of the molecule is Cc1ccc(S(=O)(=O)NC(C)(C)C)cc1C(=O)Nc1nnc(SCc2ccccc2)s1. The highest BCUT2D eigenvalue weighted by Gasteiger charge is 2.24. The molecule has 1 aromatic heterocycles. The van der Waals surface area contributed by atoms with Gasteiger partial charge in [-0.15, -0.1) is 10.2 Å². The average molecular weight is 477 g/mol. The van der Waals surface area contributed by atoms with Crippen LogP contribution >= 0.6 is 23.1 Å². The molecule has 0 unspecified atom stereocenters. The van der Waals surface area contributed by atoms with Crippen molar-refractivity contribution in [2.75, 3.05) is 5.32 Å². The van der Waals surface area contributed by atoms with Crippen molar-refractivity contribution in [2.45, 2.75) is 48.2 Å². The molecule has 31 heavy (non-hydrogen) atoms. The number of benzene rings is 2. The van der Waals surface area contributed by atoms with Gasteiger partial charge in [0.25, 0.3) is 5.91 Å². The van der Waals surface area contributed by atoms with Crippen molar-refractivity contribution in [1.82, 2.24) is 14.9 Å². The number of hydrogen-bond donors (Lipinski definition) is 2. The second-order valence-corrected chi connectivity index (χ2v) is 11.8. The molecule has 10 heteroatoms. The molecule has 0 spiro atoms. The third-order valence-electron chi connectivity index (χ3n) is 4.04. The monoisotopic (exact) mass is 476 g/mol. The molecule has 2 N–H and O–H groups in total. The maximum Gasteiger partial charge on any atom is 0.257 e. The lowest BCUT2D eigenvalue weighted by molar-refractivity contribution is 0.102. The Morgan fingerprint density at radius 1 is 1.10 bits per heavy atom. The molecule has 3 aromatic rings. The van der Waals surface area contributed by atoms with Gasteiger partial charge in [-0.25, -0.2) is 13.1 Å². The van der Waals surface area contributed by atoms with Gasteiger partial charge in [0.2, 0.25) is 15.2 Å². The van der Waals surface area contributed by atoms with Crippen LogP contribution in [-0.2, 0) is 15.8 Å². The number of sulfonamides is 1. The third-order valence-corrected chi connectivity index (χ3v) is 7.84. The zero-order valence-corrected chi connectivity index (χ0v) is 20.1. The fourth-order valence-corrected chi connectivity index (χ4v) is 5.82. The molecule has 0 aliphatic heterocycles. The van der Waals surface area contributed by atoms with Crippen LogP contribution in [0.15, 0.2) is 57.8 Å². The number of carbonyl (C=O) groups is 1. The van der Waals surface area contributed by atoms with E-state index in [-0.39, 0.29) is 10.5 Å². The van der Waals surface area contributed by atoms with Crippen LogP contribution in [0.25, 0.3) is 0 Å². The van der Waals surface area contributed by atoms with Gasteiger partial charge < -0.3 is 0 Å². The Labute approximate surface area is 190 Å². The van der Waals surface area contributed by atoms with Crippen LogP contribution in [0.4, 0.5) is 5.13 Å². The van der Waals surface area contributed by atoms with Crippen LogP contribution in [0, 0.1) is 6.92 Å². The summed E-state index contributed by atoms with van der Waals surface area (Å²) in [6.07, 6.45) is 0. The van der Waals surface area contributed by atoms with E-state index >= 15 is 0 Å². The second kappa shape index (κ2) is 9.47. The first-order valence-electron chi connectivity index (χ1n) is 9.50. The fraction of sp³-hybridized carbons (Fsp3) is 0.286. The van der Waals surface area contributed by atoms with Gasteiger partial charge >= 0.3 is 0 Å². The predicted octanol–water partition coefficient (Wildman–Crippen LogP) is 4.47. The Balaban J connectivity index is 1.71. The summed E-state index contributed by atoms with van der Waals surface area (Å²) >= 11 is 2.81. The fourth-order valence-electron chi connectivity index (χ4n) is 2.68. The van der Waals surface area contributed by atoms with Crippen molar-refractivity contribution in [3.05, 3.63) is 65.2 Å². The van der Waals surface area contributed by atoms with E-state index < -0.39 is 21.5 Å². The van der Waals surface area contributed by atoms with Crippen molar-refractivity contribution in [2.24, 2.45) is 0 Å². The predicted molar refractivity (Wildman–Crippen MR) is 125 cm³/mol. The lowest BCUT2D eigenvalue weighted by Gasteiger charge is -2.20. The van der Waals surface area contributed by atoms with E-state index in [4.69, 9.17) is 0 Å². The Morgan fingerprint density at radius 3 is 2.48 bits per heavy atom. The van der Waals surface area contributed by atoms with Gasteiger partial charge in [0.1, 0.15) is 0 Å². The molecule has 2 aromatic carbocycles. The molecular weight excluding hydrogens is 452 g/mol. The summed E-state index contributed by atoms with van der Waals surface area (Å²) in [5.41, 5.74) is 1.47. The van der Waals surface area contributed by atoms with E-state index in [0.717, 1.165) is 10.1 Å². The molecule has 3 rings (SSSR count). The van der Waals surface area contributed by atoms with Crippen LogP contribution < -0.4 is 10.0 Å². The van der Waals surface area contributed by atoms with Crippen molar-refractivity contribution in [3.8, 4) is 0 Å². The number of rotatable bonds is 7. The summed E-state index contributed by atoms with van der Waals surface area (Å²) in [4.78, 5) is 12.8. The minimum Gasteiger partial charge on any atom is -0.296 e. The molecule has 0 saturated carbocycles. The number of aryl methyl sites for hydroxylation is 1. The molecule has 164 valence electrons. The molecule has 0 bridgehead atoms. The van der Waals surface area contributed by atoms with Gasteiger partial charge in [0, 0.05) is 16.9 Å². The number of aromatic nitrogens is 2. The van der Waals surface area contributed by atoms with Gasteiger partial charge in [0.15, 0.2) is 4.34 Å². The first-order valence-corrected chi connectivity index (χ1v) is 12.8. The van der Waals surface area contributed by atoms with E-state index in [2.05, 4.69) is 20.2 Å². The number of hydrogen-bond acceptors (Lipinski definition) is 7. The first-order chi connectivity index (χ1) is 14.5. The standard InChI is InChI=1S/C21H24N4O3S3/c1-14-10-11-16(31(27,28)25-21(2,3)4)12-17(14)18(26)22-19-23-24-20(30-19)29-13-15-8-6-5-7-9-15/h5-12,25H,13H2,1-4H3,(H,22,23,26). The Bertz CT molecular complexity index is 1170. The highest BCUT2D eigenvalue weighted by Crippen LogP contribution is 2.29. The third kappa shape index (κ3) is 6.60. The van der Waals surface area contributed by atoms with Crippen LogP contribution in [0.3, 0.4) is 0 Å². The highest BCUT2D eigenvalue weighted by atomic mass is 32.2. The summed E-state index contributed by atoms with van der Waals surface area (Å²) in [5.74, 6) is 0.324. The van der Waals surface area contributed by atoms with Gasteiger partial charge in [0.05, 0.1) is 4.90 Å². The quantitative estimate of drug-likeness (QED) is 0.385. The first kappa shape index (κ1) is 23.4. The Hall–Kier alpha value is -2.27.